The molecule has 0 aliphatic carbocycles. The van der Waals surface area contributed by atoms with Gasteiger partial charge in [0.05, 0.1) is 7.11 Å². The van der Waals surface area contributed by atoms with E-state index in [9.17, 15) is 8.78 Å². The minimum absolute atomic E-state index is 0. The van der Waals surface area contributed by atoms with Crippen molar-refractivity contribution in [3.8, 4) is 11.5 Å². The van der Waals surface area contributed by atoms with Gasteiger partial charge in [0.1, 0.15) is 0 Å². The van der Waals surface area contributed by atoms with Gasteiger partial charge in [-0.2, -0.15) is 20.5 Å². The predicted octanol–water partition coefficient (Wildman–Crippen LogP) is 3.87. The monoisotopic (exact) mass is 501 g/mol. The molecule has 2 N–H and O–H groups in total. The molecule has 9 heteroatoms. The molecule has 0 bridgehead atoms. The summed E-state index contributed by atoms with van der Waals surface area (Å²) in [5.41, 5.74) is 0.792. The van der Waals surface area contributed by atoms with E-state index >= 15 is 0 Å². The highest BCUT2D eigenvalue weighted by Crippen LogP contribution is 2.36. The molecular weight excluding hydrogens is 475 g/mol. The first-order chi connectivity index (χ1) is 12.0. The molecule has 1 atom stereocenters. The second kappa shape index (κ2) is 11.0. The third-order valence-electron chi connectivity index (χ3n) is 4.06. The molecule has 1 heterocycles. The fraction of sp³-hybridized carbons (Fsp3) is 0.588. The molecule has 5 nitrogen and oxygen atoms in total. The number of methoxy groups -OCH3 is 1. The van der Waals surface area contributed by atoms with E-state index in [1.54, 1.807) is 25.2 Å². The van der Waals surface area contributed by atoms with E-state index in [1.807, 2.05) is 11.8 Å². The molecule has 26 heavy (non-hydrogen) atoms. The maximum atomic E-state index is 12.5. The van der Waals surface area contributed by atoms with Gasteiger partial charge in [-0.05, 0) is 43.2 Å². The summed E-state index contributed by atoms with van der Waals surface area (Å²) in [5.74, 6) is 2.18. The zero-order valence-corrected chi connectivity index (χ0v) is 18.3. The summed E-state index contributed by atoms with van der Waals surface area (Å²) in [5, 5.41) is 6.52. The number of hydrogen-bond acceptors (Lipinski definition) is 4. The van der Waals surface area contributed by atoms with Crippen LogP contribution in [0, 0.1) is 0 Å². The van der Waals surface area contributed by atoms with Crippen LogP contribution >= 0.6 is 35.7 Å². The van der Waals surface area contributed by atoms with Crippen LogP contribution in [-0.4, -0.2) is 43.8 Å². The number of hydrogen-bond donors (Lipinski definition) is 2. The van der Waals surface area contributed by atoms with Gasteiger partial charge in [0.25, 0.3) is 0 Å². The topological polar surface area (TPSA) is 54.9 Å². The van der Waals surface area contributed by atoms with Crippen molar-refractivity contribution in [1.82, 2.24) is 10.6 Å². The molecule has 1 aliphatic rings. The standard InChI is InChI=1S/C17H25F2N3O2S.HI/c1-17(7-4-8-25-17)11-22-16(20-2)21-10-12-5-6-13(23-3)14(9-12)24-15(18)19;/h5-6,9,15H,4,7-8,10-11H2,1-3H3,(H2,20,21,22);1H. The number of halogens is 3. The van der Waals surface area contributed by atoms with Crippen molar-refractivity contribution in [2.75, 3.05) is 26.5 Å². The SMILES string of the molecule is CN=C(NCc1ccc(OC)c(OC(F)F)c1)NCC1(C)CCCS1.I. The van der Waals surface area contributed by atoms with E-state index in [0.29, 0.717) is 12.5 Å². The quantitative estimate of drug-likeness (QED) is 0.338. The number of guanidine groups is 1. The summed E-state index contributed by atoms with van der Waals surface area (Å²) in [7, 11) is 3.12. The lowest BCUT2D eigenvalue weighted by Crippen LogP contribution is -2.43. The Labute approximate surface area is 174 Å². The summed E-state index contributed by atoms with van der Waals surface area (Å²) in [6.07, 6.45) is 2.43. The zero-order chi connectivity index (χ0) is 18.3. The molecule has 1 aliphatic heterocycles. The third-order valence-corrected chi connectivity index (χ3v) is 5.60. The van der Waals surface area contributed by atoms with Crippen molar-refractivity contribution >= 4 is 41.7 Å². The molecule has 1 aromatic rings. The van der Waals surface area contributed by atoms with Crippen LogP contribution in [0.3, 0.4) is 0 Å². The van der Waals surface area contributed by atoms with E-state index in [1.165, 1.54) is 25.7 Å². The number of nitrogens with zero attached hydrogens (tertiary/aromatic N) is 1. The Morgan fingerprint density at radius 3 is 2.69 bits per heavy atom. The smallest absolute Gasteiger partial charge is 0.387 e. The Bertz CT molecular complexity index is 599. The Kier molecular flexibility index (Phi) is 9.77. The second-order valence-electron chi connectivity index (χ2n) is 6.04. The molecule has 2 rings (SSSR count). The third kappa shape index (κ3) is 6.98. The summed E-state index contributed by atoms with van der Waals surface area (Å²) in [6, 6.07) is 4.95. The van der Waals surface area contributed by atoms with Gasteiger partial charge in [0.2, 0.25) is 0 Å². The van der Waals surface area contributed by atoms with Crippen molar-refractivity contribution in [3.05, 3.63) is 23.8 Å². The molecule has 0 spiro atoms. The molecule has 0 aromatic heterocycles. The van der Waals surface area contributed by atoms with E-state index in [-0.39, 0.29) is 40.2 Å². The average Bonchev–Trinajstić information content (AvgIpc) is 3.01. The predicted molar refractivity (Wildman–Crippen MR) is 113 cm³/mol. The summed E-state index contributed by atoms with van der Waals surface area (Å²) in [6.45, 7) is 0.631. The van der Waals surface area contributed by atoms with Gasteiger partial charge in [-0.3, -0.25) is 4.99 Å². The lowest BCUT2D eigenvalue weighted by molar-refractivity contribution is -0.0512. The highest BCUT2D eigenvalue weighted by atomic mass is 127. The van der Waals surface area contributed by atoms with Gasteiger partial charge < -0.3 is 20.1 Å². The van der Waals surface area contributed by atoms with Crippen LogP contribution < -0.4 is 20.1 Å². The van der Waals surface area contributed by atoms with Crippen LogP contribution in [0.5, 0.6) is 11.5 Å². The van der Waals surface area contributed by atoms with Crippen LogP contribution in [0.15, 0.2) is 23.2 Å². The van der Waals surface area contributed by atoms with E-state index in [2.05, 4.69) is 27.3 Å². The van der Waals surface area contributed by atoms with Crippen LogP contribution in [0.25, 0.3) is 0 Å². The molecular formula is C17H26F2IN3O2S. The van der Waals surface area contributed by atoms with Crippen molar-refractivity contribution in [2.45, 2.75) is 37.7 Å². The van der Waals surface area contributed by atoms with E-state index < -0.39 is 6.61 Å². The second-order valence-corrected chi connectivity index (χ2v) is 7.73. The lowest BCUT2D eigenvalue weighted by atomic mass is 10.1. The number of benzene rings is 1. The van der Waals surface area contributed by atoms with Gasteiger partial charge in [0, 0.05) is 24.9 Å². The van der Waals surface area contributed by atoms with Gasteiger partial charge in [-0.25, -0.2) is 0 Å². The number of aliphatic imine (C=N–C) groups is 1. The molecule has 1 aromatic carbocycles. The van der Waals surface area contributed by atoms with Crippen LogP contribution in [0.4, 0.5) is 8.78 Å². The molecule has 0 saturated carbocycles. The van der Waals surface area contributed by atoms with Crippen LogP contribution in [0.2, 0.25) is 0 Å². The number of alkyl halides is 2. The molecule has 148 valence electrons. The van der Waals surface area contributed by atoms with Crippen LogP contribution in [0.1, 0.15) is 25.3 Å². The minimum atomic E-state index is -2.89. The zero-order valence-electron chi connectivity index (χ0n) is 15.2. The van der Waals surface area contributed by atoms with Crippen LogP contribution in [-0.2, 0) is 6.54 Å². The Morgan fingerprint density at radius 2 is 2.12 bits per heavy atom. The van der Waals surface area contributed by atoms with Crippen molar-refractivity contribution in [1.29, 1.82) is 0 Å². The van der Waals surface area contributed by atoms with Crippen molar-refractivity contribution in [2.24, 2.45) is 4.99 Å². The maximum Gasteiger partial charge on any atom is 0.387 e. The number of rotatable bonds is 7. The van der Waals surface area contributed by atoms with Gasteiger partial charge in [-0.1, -0.05) is 6.07 Å². The maximum absolute atomic E-state index is 12.5. The van der Waals surface area contributed by atoms with Crippen molar-refractivity contribution in [3.63, 3.8) is 0 Å². The molecule has 1 saturated heterocycles. The number of thioether (sulfide) groups is 1. The first-order valence-corrected chi connectivity index (χ1v) is 9.14. The highest BCUT2D eigenvalue weighted by molar-refractivity contribution is 14.0. The lowest BCUT2D eigenvalue weighted by Gasteiger charge is -2.24. The van der Waals surface area contributed by atoms with Gasteiger partial charge in [0.15, 0.2) is 17.5 Å². The average molecular weight is 501 g/mol. The number of nitrogens with one attached hydrogen (secondary N) is 2. The minimum Gasteiger partial charge on any atom is -0.493 e. The number of ether oxygens (including phenoxy) is 2. The Hall–Kier alpha value is -0.970. The van der Waals surface area contributed by atoms with E-state index in [0.717, 1.165) is 12.1 Å². The normalized spacial score (nSPS) is 19.8. The molecule has 0 radical (unpaired) electrons. The van der Waals surface area contributed by atoms with Gasteiger partial charge in [-0.15, -0.1) is 24.0 Å². The van der Waals surface area contributed by atoms with E-state index in [4.69, 9.17) is 4.74 Å². The first-order valence-electron chi connectivity index (χ1n) is 8.16. The van der Waals surface area contributed by atoms with Crippen molar-refractivity contribution < 1.29 is 18.3 Å². The fourth-order valence-corrected chi connectivity index (χ4v) is 3.92. The molecule has 1 fully saturated rings. The van der Waals surface area contributed by atoms with Gasteiger partial charge >= 0.3 is 6.61 Å². The largest absolute Gasteiger partial charge is 0.493 e. The fourth-order valence-electron chi connectivity index (χ4n) is 2.67. The summed E-state index contributed by atoms with van der Waals surface area (Å²) < 4.78 is 34.8. The Morgan fingerprint density at radius 1 is 1.35 bits per heavy atom. The summed E-state index contributed by atoms with van der Waals surface area (Å²) in [4.78, 5) is 4.21. The molecule has 1 unspecified atom stereocenters. The first kappa shape index (κ1) is 23.1. The Balaban J connectivity index is 0.00000338. The summed E-state index contributed by atoms with van der Waals surface area (Å²) >= 11 is 1.98. The molecule has 0 amide bonds. The highest BCUT2D eigenvalue weighted by Gasteiger charge is 2.29.